The van der Waals surface area contributed by atoms with Gasteiger partial charge in [0.2, 0.25) is 0 Å². The quantitative estimate of drug-likeness (QED) is 0.625. The summed E-state index contributed by atoms with van der Waals surface area (Å²) >= 11 is 0. The Morgan fingerprint density at radius 1 is 1.13 bits per heavy atom. The van der Waals surface area contributed by atoms with Crippen LogP contribution in [0.1, 0.15) is 33.2 Å². The van der Waals surface area contributed by atoms with Gasteiger partial charge >= 0.3 is 0 Å². The van der Waals surface area contributed by atoms with Gasteiger partial charge in [0.25, 0.3) is 5.91 Å². The Kier molecular flexibility index (Phi) is 5.24. The van der Waals surface area contributed by atoms with Crippen LogP contribution < -0.4 is 14.8 Å². The van der Waals surface area contributed by atoms with E-state index in [1.54, 1.807) is 61.7 Å². The fourth-order valence-corrected chi connectivity index (χ4v) is 3.34. The lowest BCUT2D eigenvalue weighted by molar-refractivity contribution is -0.0851. The first-order valence-electron chi connectivity index (χ1n) is 9.28. The summed E-state index contributed by atoms with van der Waals surface area (Å²) in [5, 5.41) is 23.2. The van der Waals surface area contributed by atoms with Crippen LogP contribution in [0, 0.1) is 11.3 Å². The van der Waals surface area contributed by atoms with Crippen molar-refractivity contribution in [2.24, 2.45) is 0 Å². The Morgan fingerprint density at radius 3 is 2.63 bits per heavy atom. The molecule has 0 saturated heterocycles. The maximum atomic E-state index is 12.5. The number of ether oxygens (including phenoxy) is 2. The van der Waals surface area contributed by atoms with Crippen molar-refractivity contribution in [2.75, 3.05) is 12.4 Å². The number of carbonyl (C=O) groups excluding carboxylic acids is 1. The van der Waals surface area contributed by atoms with Crippen LogP contribution in [0.4, 0.5) is 5.69 Å². The summed E-state index contributed by atoms with van der Waals surface area (Å²) in [6, 6.07) is 21.3. The number of nitrogens with zero attached hydrogens (tertiary/aromatic N) is 2. The molecular formula is C23H19N3O4. The van der Waals surface area contributed by atoms with Gasteiger partial charge in [0.1, 0.15) is 18.1 Å². The van der Waals surface area contributed by atoms with Crippen molar-refractivity contribution in [3.05, 3.63) is 89.0 Å². The molecule has 0 saturated carbocycles. The number of hydrogen-bond donors (Lipinski definition) is 2. The number of methoxy groups -OCH3 is 1. The third-order valence-electron chi connectivity index (χ3n) is 4.90. The standard InChI is InChI=1S/C23H19N3O4/c1-29-21-11-8-16(12-17(21)14-30-18-9-6-15(13-24)7-10-18)22-25-20-5-3-2-4-19(20)23(27)26(22)28/h2-12,22,25,28H,14H2,1H3/t22-/m1/s1. The maximum absolute atomic E-state index is 12.5. The highest BCUT2D eigenvalue weighted by Gasteiger charge is 2.32. The number of fused-ring (bicyclic) bond motifs is 1. The van der Waals surface area contributed by atoms with Crippen molar-refractivity contribution in [1.82, 2.24) is 5.06 Å². The SMILES string of the molecule is COc1ccc([C@@H]2Nc3ccccc3C(=O)N2O)cc1COc1ccc(C#N)cc1. The van der Waals surface area contributed by atoms with Gasteiger partial charge in [-0.25, -0.2) is 0 Å². The second kappa shape index (κ2) is 8.15. The van der Waals surface area contributed by atoms with E-state index in [0.717, 1.165) is 5.56 Å². The van der Waals surface area contributed by atoms with E-state index in [4.69, 9.17) is 14.7 Å². The molecule has 0 aliphatic carbocycles. The van der Waals surface area contributed by atoms with E-state index in [9.17, 15) is 10.0 Å². The number of nitrogens with one attached hydrogen (secondary N) is 1. The van der Waals surface area contributed by atoms with E-state index in [0.29, 0.717) is 38.9 Å². The van der Waals surface area contributed by atoms with Crippen LogP contribution in [-0.2, 0) is 6.61 Å². The fourth-order valence-electron chi connectivity index (χ4n) is 3.34. The Bertz CT molecular complexity index is 1120. The summed E-state index contributed by atoms with van der Waals surface area (Å²) in [5.74, 6) is 0.769. The van der Waals surface area contributed by atoms with Gasteiger partial charge < -0.3 is 14.8 Å². The highest BCUT2D eigenvalue weighted by molar-refractivity contribution is 6.01. The van der Waals surface area contributed by atoms with Crippen molar-refractivity contribution in [3.63, 3.8) is 0 Å². The molecule has 1 heterocycles. The zero-order valence-electron chi connectivity index (χ0n) is 16.2. The predicted molar refractivity (Wildman–Crippen MR) is 109 cm³/mol. The summed E-state index contributed by atoms with van der Waals surface area (Å²) in [6.45, 7) is 0.214. The predicted octanol–water partition coefficient (Wildman–Crippen LogP) is 4.10. The van der Waals surface area contributed by atoms with Crippen LogP contribution in [0.2, 0.25) is 0 Å². The highest BCUT2D eigenvalue weighted by atomic mass is 16.5. The first-order valence-corrected chi connectivity index (χ1v) is 9.28. The molecule has 0 bridgehead atoms. The minimum absolute atomic E-state index is 0.214. The fraction of sp³-hybridized carbons (Fsp3) is 0.130. The number of benzene rings is 3. The minimum Gasteiger partial charge on any atom is -0.496 e. The van der Waals surface area contributed by atoms with Crippen LogP contribution in [0.3, 0.4) is 0 Å². The number of para-hydroxylation sites is 1. The molecule has 0 aromatic heterocycles. The zero-order valence-corrected chi connectivity index (χ0v) is 16.2. The molecule has 1 amide bonds. The number of nitriles is 1. The van der Waals surface area contributed by atoms with Gasteiger partial charge in [0.05, 0.1) is 24.3 Å². The van der Waals surface area contributed by atoms with Crippen molar-refractivity contribution in [1.29, 1.82) is 5.26 Å². The van der Waals surface area contributed by atoms with Crippen LogP contribution in [0.15, 0.2) is 66.7 Å². The van der Waals surface area contributed by atoms with E-state index in [2.05, 4.69) is 11.4 Å². The third-order valence-corrected chi connectivity index (χ3v) is 4.90. The maximum Gasteiger partial charge on any atom is 0.281 e. The molecule has 7 nitrogen and oxygen atoms in total. The van der Waals surface area contributed by atoms with E-state index in [-0.39, 0.29) is 6.61 Å². The lowest BCUT2D eigenvalue weighted by Crippen LogP contribution is -2.40. The van der Waals surface area contributed by atoms with Gasteiger partial charge in [0, 0.05) is 11.3 Å². The normalized spacial score (nSPS) is 15.0. The van der Waals surface area contributed by atoms with Crippen molar-refractivity contribution >= 4 is 11.6 Å². The largest absolute Gasteiger partial charge is 0.496 e. The lowest BCUT2D eigenvalue weighted by Gasteiger charge is -2.33. The van der Waals surface area contributed by atoms with Gasteiger partial charge in [-0.15, -0.1) is 0 Å². The number of hydroxylamine groups is 2. The third kappa shape index (κ3) is 3.64. The second-order valence-electron chi connectivity index (χ2n) is 6.74. The average molecular weight is 401 g/mol. The topological polar surface area (TPSA) is 94.8 Å². The highest BCUT2D eigenvalue weighted by Crippen LogP contribution is 2.33. The molecule has 7 heteroatoms. The molecular weight excluding hydrogens is 382 g/mol. The number of rotatable bonds is 5. The number of hydrogen-bond acceptors (Lipinski definition) is 6. The smallest absolute Gasteiger partial charge is 0.281 e. The van der Waals surface area contributed by atoms with Gasteiger partial charge in [-0.3, -0.25) is 10.0 Å². The Balaban J connectivity index is 1.59. The molecule has 30 heavy (non-hydrogen) atoms. The summed E-state index contributed by atoms with van der Waals surface area (Å²) in [5.41, 5.74) is 3.05. The average Bonchev–Trinajstić information content (AvgIpc) is 2.80. The number of anilines is 1. The summed E-state index contributed by atoms with van der Waals surface area (Å²) < 4.78 is 11.3. The van der Waals surface area contributed by atoms with Gasteiger partial charge in [0.15, 0.2) is 6.17 Å². The first kappa shape index (κ1) is 19.3. The molecule has 3 aromatic carbocycles. The van der Waals surface area contributed by atoms with Gasteiger partial charge in [-0.05, 0) is 54.1 Å². The van der Waals surface area contributed by atoms with Gasteiger partial charge in [-0.2, -0.15) is 10.3 Å². The summed E-state index contributed by atoms with van der Waals surface area (Å²) in [6.07, 6.45) is -0.744. The molecule has 2 N–H and O–H groups in total. The molecule has 3 aromatic rings. The molecule has 0 spiro atoms. The minimum atomic E-state index is -0.744. The Hall–Kier alpha value is -4.02. The number of carbonyl (C=O) groups is 1. The van der Waals surface area contributed by atoms with Crippen LogP contribution >= 0.6 is 0 Å². The van der Waals surface area contributed by atoms with E-state index >= 15 is 0 Å². The molecule has 1 aliphatic rings. The second-order valence-corrected chi connectivity index (χ2v) is 6.74. The van der Waals surface area contributed by atoms with E-state index < -0.39 is 12.1 Å². The van der Waals surface area contributed by atoms with Crippen molar-refractivity contribution in [2.45, 2.75) is 12.8 Å². The van der Waals surface area contributed by atoms with Gasteiger partial charge in [-0.1, -0.05) is 18.2 Å². The van der Waals surface area contributed by atoms with Crippen molar-refractivity contribution in [3.8, 4) is 17.6 Å². The van der Waals surface area contributed by atoms with E-state index in [1.165, 1.54) is 0 Å². The molecule has 1 atom stereocenters. The Labute approximate surface area is 173 Å². The summed E-state index contributed by atoms with van der Waals surface area (Å²) in [4.78, 5) is 12.5. The molecule has 0 radical (unpaired) electrons. The molecule has 150 valence electrons. The van der Waals surface area contributed by atoms with Crippen LogP contribution in [0.25, 0.3) is 0 Å². The number of amides is 1. The summed E-state index contributed by atoms with van der Waals surface area (Å²) in [7, 11) is 1.57. The molecule has 0 fully saturated rings. The molecule has 4 rings (SSSR count). The van der Waals surface area contributed by atoms with E-state index in [1.807, 2.05) is 12.1 Å². The zero-order chi connectivity index (χ0) is 21.1. The van der Waals surface area contributed by atoms with Crippen molar-refractivity contribution < 1.29 is 19.5 Å². The molecule has 0 unspecified atom stereocenters. The first-order chi connectivity index (χ1) is 14.6. The monoisotopic (exact) mass is 401 g/mol. The Morgan fingerprint density at radius 2 is 1.90 bits per heavy atom. The van der Waals surface area contributed by atoms with Crippen LogP contribution in [-0.4, -0.2) is 23.3 Å². The molecule has 1 aliphatic heterocycles. The lowest BCUT2D eigenvalue weighted by atomic mass is 10.0. The van der Waals surface area contributed by atoms with Crippen LogP contribution in [0.5, 0.6) is 11.5 Å².